The van der Waals surface area contributed by atoms with Crippen LogP contribution in [0.15, 0.2) is 38.4 Å². The minimum Gasteiger partial charge on any atom is -0.506 e. The number of carbonyl (C=O) groups is 1. The number of phenolic OH excluding ortho intramolecular Hbond substituents is 1. The van der Waals surface area contributed by atoms with E-state index in [2.05, 4.69) is 52.6 Å². The lowest BCUT2D eigenvalue weighted by molar-refractivity contribution is 0.0950. The summed E-state index contributed by atoms with van der Waals surface area (Å²) in [5.41, 5.74) is 3.08. The number of aromatic amines is 1. The summed E-state index contributed by atoms with van der Waals surface area (Å²) in [5, 5.41) is 19.7. The largest absolute Gasteiger partial charge is 0.506 e. The highest BCUT2D eigenvalue weighted by atomic mass is 79.9. The number of amides is 1. The zero-order chi connectivity index (χ0) is 13.8. The molecule has 98 valence electrons. The van der Waals surface area contributed by atoms with Crippen LogP contribution >= 0.6 is 31.9 Å². The Morgan fingerprint density at radius 1 is 1.47 bits per heavy atom. The van der Waals surface area contributed by atoms with Crippen molar-refractivity contribution in [1.29, 1.82) is 0 Å². The highest BCUT2D eigenvalue weighted by Gasteiger charge is 2.07. The minimum atomic E-state index is -0.415. The summed E-state index contributed by atoms with van der Waals surface area (Å²) >= 11 is 6.50. The van der Waals surface area contributed by atoms with Gasteiger partial charge in [-0.25, -0.2) is 5.43 Å². The molecule has 0 aliphatic heterocycles. The third-order valence-corrected chi connectivity index (χ3v) is 3.24. The van der Waals surface area contributed by atoms with Crippen LogP contribution in [0.3, 0.4) is 0 Å². The fourth-order valence-electron chi connectivity index (χ4n) is 1.29. The Morgan fingerprint density at radius 2 is 2.26 bits per heavy atom. The Labute approximate surface area is 125 Å². The molecule has 6 nitrogen and oxygen atoms in total. The van der Waals surface area contributed by atoms with Crippen LogP contribution in [-0.2, 0) is 0 Å². The molecule has 19 heavy (non-hydrogen) atoms. The molecular formula is C11H8Br2N4O2. The Kier molecular flexibility index (Phi) is 4.33. The lowest BCUT2D eigenvalue weighted by atomic mass is 10.2. The van der Waals surface area contributed by atoms with E-state index < -0.39 is 5.91 Å². The summed E-state index contributed by atoms with van der Waals surface area (Å²) in [6.45, 7) is 0. The number of halogens is 2. The normalized spacial score (nSPS) is 10.8. The molecule has 0 bridgehead atoms. The lowest BCUT2D eigenvalue weighted by Crippen LogP contribution is -2.18. The average molecular weight is 388 g/mol. The van der Waals surface area contributed by atoms with Crippen LogP contribution in [0.4, 0.5) is 0 Å². The summed E-state index contributed by atoms with van der Waals surface area (Å²) in [4.78, 5) is 11.5. The number of hydrazone groups is 1. The van der Waals surface area contributed by atoms with Crippen molar-refractivity contribution in [1.82, 2.24) is 15.6 Å². The van der Waals surface area contributed by atoms with Gasteiger partial charge in [-0.1, -0.05) is 15.9 Å². The van der Waals surface area contributed by atoms with E-state index in [9.17, 15) is 9.90 Å². The van der Waals surface area contributed by atoms with E-state index in [0.717, 1.165) is 4.47 Å². The maximum absolute atomic E-state index is 11.5. The van der Waals surface area contributed by atoms with Gasteiger partial charge in [-0.3, -0.25) is 9.89 Å². The second-order valence-electron chi connectivity index (χ2n) is 3.49. The second-order valence-corrected chi connectivity index (χ2v) is 5.26. The summed E-state index contributed by atoms with van der Waals surface area (Å²) in [6, 6.07) is 4.90. The predicted octanol–water partition coefficient (Wildman–Crippen LogP) is 2.40. The van der Waals surface area contributed by atoms with Gasteiger partial charge in [0, 0.05) is 16.2 Å². The zero-order valence-electron chi connectivity index (χ0n) is 9.39. The quantitative estimate of drug-likeness (QED) is 0.557. The number of benzene rings is 1. The van der Waals surface area contributed by atoms with Gasteiger partial charge < -0.3 is 5.11 Å². The summed E-state index contributed by atoms with van der Waals surface area (Å²) in [7, 11) is 0. The lowest BCUT2D eigenvalue weighted by Gasteiger charge is -2.02. The van der Waals surface area contributed by atoms with Gasteiger partial charge in [-0.05, 0) is 34.1 Å². The number of hydrogen-bond donors (Lipinski definition) is 3. The van der Waals surface area contributed by atoms with Gasteiger partial charge in [0.25, 0.3) is 5.91 Å². The molecule has 1 aromatic heterocycles. The average Bonchev–Trinajstić information content (AvgIpc) is 2.88. The monoisotopic (exact) mass is 386 g/mol. The van der Waals surface area contributed by atoms with Gasteiger partial charge >= 0.3 is 0 Å². The van der Waals surface area contributed by atoms with Crippen molar-refractivity contribution >= 4 is 44.0 Å². The van der Waals surface area contributed by atoms with Gasteiger partial charge in [-0.15, -0.1) is 0 Å². The molecule has 2 aromatic rings. The highest BCUT2D eigenvalue weighted by molar-refractivity contribution is 9.11. The standard InChI is InChI=1S/C11H8Br2N4O2/c12-7-3-6(10(18)8(13)4-7)5-15-17-11(19)9-1-2-14-16-9/h1-5,18H,(H,14,16)(H,17,19)/b15-5+. The van der Waals surface area contributed by atoms with Crippen LogP contribution in [-0.4, -0.2) is 27.4 Å². The number of aromatic nitrogens is 2. The van der Waals surface area contributed by atoms with Crippen LogP contribution in [0.1, 0.15) is 16.1 Å². The Morgan fingerprint density at radius 3 is 2.95 bits per heavy atom. The number of hydrogen-bond acceptors (Lipinski definition) is 4. The summed E-state index contributed by atoms with van der Waals surface area (Å²) in [6.07, 6.45) is 2.81. The first kappa shape index (κ1) is 13.8. The fraction of sp³-hybridized carbons (Fsp3) is 0. The van der Waals surface area contributed by atoms with E-state index in [1.807, 2.05) is 0 Å². The van der Waals surface area contributed by atoms with Crippen LogP contribution in [0.5, 0.6) is 5.75 Å². The van der Waals surface area contributed by atoms with Crippen LogP contribution in [0.25, 0.3) is 0 Å². The number of phenols is 1. The maximum atomic E-state index is 11.5. The summed E-state index contributed by atoms with van der Waals surface area (Å²) < 4.78 is 1.31. The number of nitrogens with one attached hydrogen (secondary N) is 2. The first-order valence-electron chi connectivity index (χ1n) is 5.08. The molecule has 1 aromatic carbocycles. The van der Waals surface area contributed by atoms with Gasteiger partial charge in [-0.2, -0.15) is 10.2 Å². The molecular weight excluding hydrogens is 380 g/mol. The van der Waals surface area contributed by atoms with Crippen LogP contribution in [0.2, 0.25) is 0 Å². The van der Waals surface area contributed by atoms with Gasteiger partial charge in [0.05, 0.1) is 10.7 Å². The molecule has 1 amide bonds. The van der Waals surface area contributed by atoms with Gasteiger partial charge in [0.2, 0.25) is 0 Å². The maximum Gasteiger partial charge on any atom is 0.289 e. The first-order valence-corrected chi connectivity index (χ1v) is 6.67. The molecule has 0 aliphatic rings. The first-order chi connectivity index (χ1) is 9.08. The van der Waals surface area contributed by atoms with E-state index in [1.165, 1.54) is 18.5 Å². The van der Waals surface area contributed by atoms with Gasteiger partial charge in [0.1, 0.15) is 11.4 Å². The molecule has 0 unspecified atom stereocenters. The molecule has 2 rings (SSSR count). The van der Waals surface area contributed by atoms with Crippen LogP contribution in [0, 0.1) is 0 Å². The molecule has 1 heterocycles. The molecule has 0 atom stereocenters. The third-order valence-electron chi connectivity index (χ3n) is 2.17. The van der Waals surface area contributed by atoms with Crippen molar-refractivity contribution in [2.45, 2.75) is 0 Å². The van der Waals surface area contributed by atoms with Crippen molar-refractivity contribution in [3.8, 4) is 5.75 Å². The fourth-order valence-corrected chi connectivity index (χ4v) is 2.55. The Bertz CT molecular complexity index is 626. The van der Waals surface area contributed by atoms with Crippen molar-refractivity contribution in [3.63, 3.8) is 0 Å². The molecule has 0 aliphatic carbocycles. The number of carbonyl (C=O) groups excluding carboxylic acids is 1. The Balaban J connectivity index is 2.09. The van der Waals surface area contributed by atoms with Crippen LogP contribution < -0.4 is 5.43 Å². The minimum absolute atomic E-state index is 0.0442. The molecule has 0 radical (unpaired) electrons. The van der Waals surface area contributed by atoms with Gasteiger partial charge in [0.15, 0.2) is 0 Å². The molecule has 0 fully saturated rings. The smallest absolute Gasteiger partial charge is 0.289 e. The summed E-state index contributed by atoms with van der Waals surface area (Å²) in [5.74, 6) is -0.370. The molecule has 0 spiro atoms. The molecule has 0 saturated carbocycles. The van der Waals surface area contributed by atoms with Crippen molar-refractivity contribution in [3.05, 3.63) is 44.6 Å². The molecule has 3 N–H and O–H groups in total. The number of aromatic hydroxyl groups is 1. The second kappa shape index (κ2) is 5.98. The molecule has 8 heteroatoms. The van der Waals surface area contributed by atoms with E-state index in [1.54, 1.807) is 12.1 Å². The Hall–Kier alpha value is -1.67. The third kappa shape index (κ3) is 3.42. The van der Waals surface area contributed by atoms with Crippen molar-refractivity contribution < 1.29 is 9.90 Å². The highest BCUT2D eigenvalue weighted by Crippen LogP contribution is 2.30. The van der Waals surface area contributed by atoms with Crippen molar-refractivity contribution in [2.75, 3.05) is 0 Å². The van der Waals surface area contributed by atoms with E-state index in [-0.39, 0.29) is 5.75 Å². The topological polar surface area (TPSA) is 90.4 Å². The number of nitrogens with zero attached hydrogens (tertiary/aromatic N) is 2. The molecule has 0 saturated heterocycles. The van der Waals surface area contributed by atoms with E-state index in [0.29, 0.717) is 15.7 Å². The number of H-pyrrole nitrogens is 1. The van der Waals surface area contributed by atoms with Crippen molar-refractivity contribution in [2.24, 2.45) is 5.10 Å². The predicted molar refractivity (Wildman–Crippen MR) is 77.2 cm³/mol. The van der Waals surface area contributed by atoms with E-state index in [4.69, 9.17) is 0 Å². The SMILES string of the molecule is O=C(N/N=C/c1cc(Br)cc(Br)c1O)c1ccn[nH]1. The zero-order valence-corrected chi connectivity index (χ0v) is 12.6. The van der Waals surface area contributed by atoms with E-state index >= 15 is 0 Å². The number of rotatable bonds is 3.